The van der Waals surface area contributed by atoms with Crippen molar-refractivity contribution in [3.8, 4) is 22.8 Å². The van der Waals surface area contributed by atoms with Gasteiger partial charge in [-0.15, -0.1) is 0 Å². The summed E-state index contributed by atoms with van der Waals surface area (Å²) in [6.45, 7) is 1.44. The standard InChI is InChI=1S/C31H30ClFN6O5/c1-30(29(34)41)14-44-26-20(30)10-23(37-25(26)16-8-21(32)27(33)35-11-16)31(42,18-3-4-18)13-36-28(40)15-7-17-12-39(19-5-6-19)38-24(17)22(9-15)43-2/h7-12,18-19,42H,3-6,13-14H2,1-2H3,(H2,34,41)(H,36,40)/t30-,31?/m0/s1. The molecule has 1 aromatic carbocycles. The lowest BCUT2D eigenvalue weighted by molar-refractivity contribution is -0.123. The molecule has 13 heteroatoms. The van der Waals surface area contributed by atoms with Gasteiger partial charge in [0.15, 0.2) is 0 Å². The summed E-state index contributed by atoms with van der Waals surface area (Å²) in [4.78, 5) is 34.6. The molecule has 1 unspecified atom stereocenters. The summed E-state index contributed by atoms with van der Waals surface area (Å²) in [6.07, 6.45) is 6.71. The summed E-state index contributed by atoms with van der Waals surface area (Å²) in [5.41, 5.74) is 5.20. The van der Waals surface area contributed by atoms with Crippen molar-refractivity contribution in [3.05, 3.63) is 64.5 Å². The van der Waals surface area contributed by atoms with Crippen molar-refractivity contribution in [2.75, 3.05) is 20.3 Å². The van der Waals surface area contributed by atoms with Gasteiger partial charge >= 0.3 is 0 Å². The Balaban J connectivity index is 1.26. The Hall–Kier alpha value is -4.29. The van der Waals surface area contributed by atoms with Crippen LogP contribution in [0, 0.1) is 11.9 Å². The van der Waals surface area contributed by atoms with Gasteiger partial charge in [-0.1, -0.05) is 11.6 Å². The van der Waals surface area contributed by atoms with Gasteiger partial charge in [0.05, 0.1) is 30.4 Å². The van der Waals surface area contributed by atoms with E-state index in [9.17, 15) is 19.1 Å². The smallest absolute Gasteiger partial charge is 0.251 e. The zero-order valence-corrected chi connectivity index (χ0v) is 24.8. The number of halogens is 2. The van der Waals surface area contributed by atoms with Gasteiger partial charge in [0.2, 0.25) is 11.9 Å². The van der Waals surface area contributed by atoms with Crippen LogP contribution in [-0.2, 0) is 15.8 Å². The molecule has 0 bridgehead atoms. The molecule has 3 aromatic heterocycles. The van der Waals surface area contributed by atoms with Crippen LogP contribution in [0.2, 0.25) is 5.02 Å². The first-order valence-corrected chi connectivity index (χ1v) is 14.8. The van der Waals surface area contributed by atoms with Crippen molar-refractivity contribution in [2.24, 2.45) is 11.7 Å². The highest BCUT2D eigenvalue weighted by atomic mass is 35.5. The van der Waals surface area contributed by atoms with E-state index in [1.165, 1.54) is 19.4 Å². The van der Waals surface area contributed by atoms with Crippen LogP contribution in [0.1, 0.15) is 60.3 Å². The third kappa shape index (κ3) is 4.63. The molecule has 1 aliphatic heterocycles. The number of carbonyl (C=O) groups excluding carboxylic acids is 2. The van der Waals surface area contributed by atoms with E-state index in [-0.39, 0.29) is 41.2 Å². The number of nitrogens with zero attached hydrogens (tertiary/aromatic N) is 4. The molecule has 2 fully saturated rings. The quantitative estimate of drug-likeness (QED) is 0.239. The van der Waals surface area contributed by atoms with Crippen LogP contribution < -0.4 is 20.5 Å². The molecule has 0 spiro atoms. The number of aromatic nitrogens is 4. The van der Waals surface area contributed by atoms with E-state index in [4.69, 9.17) is 31.8 Å². The minimum atomic E-state index is -1.61. The molecule has 3 aliphatic rings. The summed E-state index contributed by atoms with van der Waals surface area (Å²) in [6, 6.07) is 6.71. The molecule has 0 radical (unpaired) electrons. The summed E-state index contributed by atoms with van der Waals surface area (Å²) >= 11 is 6.04. The number of amides is 2. The number of hydrogen-bond acceptors (Lipinski definition) is 8. The highest BCUT2D eigenvalue weighted by Crippen LogP contribution is 2.50. The van der Waals surface area contributed by atoms with Crippen LogP contribution in [0.25, 0.3) is 22.2 Å². The number of nitrogens with one attached hydrogen (secondary N) is 1. The Labute approximate surface area is 256 Å². The second-order valence-electron chi connectivity index (χ2n) is 12.1. The highest BCUT2D eigenvalue weighted by Gasteiger charge is 2.50. The summed E-state index contributed by atoms with van der Waals surface area (Å²) < 4.78 is 27.3. The van der Waals surface area contributed by atoms with Crippen molar-refractivity contribution in [1.29, 1.82) is 0 Å². The summed E-state index contributed by atoms with van der Waals surface area (Å²) in [5.74, 6) is -1.34. The van der Waals surface area contributed by atoms with Crippen LogP contribution >= 0.6 is 11.6 Å². The van der Waals surface area contributed by atoms with Gasteiger partial charge in [0, 0.05) is 34.5 Å². The molecule has 2 aliphatic carbocycles. The van der Waals surface area contributed by atoms with E-state index in [0.29, 0.717) is 46.8 Å². The van der Waals surface area contributed by atoms with E-state index in [1.807, 2.05) is 10.9 Å². The van der Waals surface area contributed by atoms with Crippen molar-refractivity contribution in [2.45, 2.75) is 49.7 Å². The SMILES string of the molecule is COc1cc(C(=O)NCC(O)(c2cc3c(c(-c4cnc(F)c(Cl)c4)n2)OC[C@]3(C)C(N)=O)C2CC2)cc2cn(C3CC3)nc12. The molecule has 4 aromatic rings. The van der Waals surface area contributed by atoms with Crippen molar-refractivity contribution in [1.82, 2.24) is 25.1 Å². The van der Waals surface area contributed by atoms with Gasteiger partial charge in [0.25, 0.3) is 5.91 Å². The normalized spacial score (nSPS) is 20.6. The number of hydrogen-bond donors (Lipinski definition) is 3. The van der Waals surface area contributed by atoms with E-state index in [2.05, 4.69) is 15.4 Å². The number of fused-ring (bicyclic) bond motifs is 2. The molecular weight excluding hydrogens is 591 g/mol. The Bertz CT molecular complexity index is 1860. The van der Waals surface area contributed by atoms with Crippen molar-refractivity contribution < 1.29 is 28.6 Å². The average molecular weight is 621 g/mol. The Kier molecular flexibility index (Phi) is 6.56. The van der Waals surface area contributed by atoms with Crippen molar-refractivity contribution >= 4 is 34.3 Å². The zero-order valence-electron chi connectivity index (χ0n) is 24.1. The maximum atomic E-state index is 13.9. The predicted molar refractivity (Wildman–Crippen MR) is 158 cm³/mol. The first-order chi connectivity index (χ1) is 21.0. The topological polar surface area (TPSA) is 154 Å². The molecule has 44 heavy (non-hydrogen) atoms. The Morgan fingerprint density at radius 1 is 1.27 bits per heavy atom. The molecular formula is C31H30ClFN6O5. The Morgan fingerprint density at radius 3 is 2.70 bits per heavy atom. The maximum absolute atomic E-state index is 13.9. The number of ether oxygens (including phenoxy) is 2. The fraction of sp³-hybridized carbons (Fsp3) is 0.387. The van der Waals surface area contributed by atoms with E-state index in [0.717, 1.165) is 18.2 Å². The lowest BCUT2D eigenvalue weighted by atomic mass is 9.81. The molecule has 2 saturated carbocycles. The second kappa shape index (κ2) is 10.1. The number of pyridine rings is 2. The molecule has 4 heterocycles. The number of primary amides is 1. The summed E-state index contributed by atoms with van der Waals surface area (Å²) in [7, 11) is 1.53. The number of rotatable bonds is 9. The van der Waals surface area contributed by atoms with Gasteiger partial charge in [0.1, 0.15) is 40.3 Å². The molecule has 2 atom stereocenters. The van der Waals surface area contributed by atoms with Crippen LogP contribution in [0.4, 0.5) is 4.39 Å². The fourth-order valence-corrected chi connectivity index (χ4v) is 5.98. The molecule has 4 N–H and O–H groups in total. The van der Waals surface area contributed by atoms with Crippen LogP contribution in [0.5, 0.6) is 11.5 Å². The van der Waals surface area contributed by atoms with Gasteiger partial charge in [-0.25, -0.2) is 9.97 Å². The number of nitrogens with two attached hydrogens (primary N) is 1. The van der Waals surface area contributed by atoms with E-state index in [1.54, 1.807) is 25.1 Å². The first-order valence-electron chi connectivity index (χ1n) is 14.4. The third-order valence-electron chi connectivity index (χ3n) is 8.90. The average Bonchev–Trinajstić information content (AvgIpc) is 3.96. The minimum Gasteiger partial charge on any atom is -0.494 e. The number of benzene rings is 1. The van der Waals surface area contributed by atoms with Gasteiger partial charge in [-0.3, -0.25) is 14.3 Å². The first kappa shape index (κ1) is 28.5. The predicted octanol–water partition coefficient (Wildman–Crippen LogP) is 3.79. The Morgan fingerprint density at radius 2 is 2.05 bits per heavy atom. The van der Waals surface area contributed by atoms with Crippen LogP contribution in [0.3, 0.4) is 0 Å². The lowest BCUT2D eigenvalue weighted by Gasteiger charge is -2.30. The minimum absolute atomic E-state index is 0.0433. The molecule has 228 valence electrons. The van der Waals surface area contributed by atoms with Gasteiger partial charge < -0.3 is 25.6 Å². The van der Waals surface area contributed by atoms with Crippen molar-refractivity contribution in [3.63, 3.8) is 0 Å². The van der Waals surface area contributed by atoms with Crippen LogP contribution in [0.15, 0.2) is 36.7 Å². The molecule has 2 amide bonds. The number of carbonyl (C=O) groups is 2. The van der Waals surface area contributed by atoms with Gasteiger partial charge in [-0.2, -0.15) is 9.49 Å². The number of methoxy groups -OCH3 is 1. The monoisotopic (exact) mass is 620 g/mol. The maximum Gasteiger partial charge on any atom is 0.251 e. The second-order valence-corrected chi connectivity index (χ2v) is 12.5. The summed E-state index contributed by atoms with van der Waals surface area (Å²) in [5, 5.41) is 20.3. The largest absolute Gasteiger partial charge is 0.494 e. The fourth-order valence-electron chi connectivity index (χ4n) is 5.81. The van der Waals surface area contributed by atoms with E-state index >= 15 is 0 Å². The highest BCUT2D eigenvalue weighted by molar-refractivity contribution is 6.30. The van der Waals surface area contributed by atoms with Crippen LogP contribution in [-0.4, -0.2) is 56.9 Å². The molecule has 11 nitrogen and oxygen atoms in total. The third-order valence-corrected chi connectivity index (χ3v) is 9.16. The van der Waals surface area contributed by atoms with Gasteiger partial charge in [-0.05, 0) is 62.8 Å². The lowest BCUT2D eigenvalue weighted by Crippen LogP contribution is -2.44. The number of aliphatic hydroxyl groups is 1. The van der Waals surface area contributed by atoms with E-state index < -0.39 is 28.8 Å². The zero-order chi connectivity index (χ0) is 31.0. The molecule has 0 saturated heterocycles. The molecule has 7 rings (SSSR count).